The SMILES string of the molecule is CN1Cc2c(S(N)(=O)=O)cc3c(N=O)c(O)[nH]c3c2C1.Cl. The van der Waals surface area contributed by atoms with Gasteiger partial charge in [-0.1, -0.05) is 0 Å². The van der Waals surface area contributed by atoms with E-state index in [1.54, 1.807) is 0 Å². The van der Waals surface area contributed by atoms with Gasteiger partial charge in [-0.05, 0) is 29.4 Å². The lowest BCUT2D eigenvalue weighted by atomic mass is 10.1. The van der Waals surface area contributed by atoms with E-state index in [-0.39, 0.29) is 34.3 Å². The lowest BCUT2D eigenvalue weighted by Gasteiger charge is -2.07. The molecule has 10 heteroatoms. The number of nitrogens with one attached hydrogen (secondary N) is 1. The topological polar surface area (TPSA) is 129 Å². The number of primary sulfonamides is 1. The Bertz CT molecular complexity index is 846. The molecule has 0 saturated carbocycles. The number of nitrogens with two attached hydrogens (primary N) is 1. The Morgan fingerprint density at radius 2 is 2.00 bits per heavy atom. The van der Waals surface area contributed by atoms with Gasteiger partial charge in [-0.25, -0.2) is 13.6 Å². The van der Waals surface area contributed by atoms with Crippen LogP contribution in [0.3, 0.4) is 0 Å². The Morgan fingerprint density at radius 3 is 2.57 bits per heavy atom. The molecule has 0 amide bonds. The Balaban J connectivity index is 0.00000161. The summed E-state index contributed by atoms with van der Waals surface area (Å²) in [6, 6.07) is 1.29. The molecule has 0 unspecified atom stereocenters. The summed E-state index contributed by atoms with van der Waals surface area (Å²) in [5.74, 6) is -0.377. The van der Waals surface area contributed by atoms with Crippen LogP contribution in [0, 0.1) is 4.91 Å². The van der Waals surface area contributed by atoms with Crippen molar-refractivity contribution in [1.29, 1.82) is 0 Å². The first-order chi connectivity index (χ1) is 9.32. The van der Waals surface area contributed by atoms with E-state index in [9.17, 15) is 18.4 Å². The second kappa shape index (κ2) is 4.95. The third-order valence-corrected chi connectivity index (χ3v) is 4.46. The maximum atomic E-state index is 11.7. The molecular weight excluding hydrogens is 320 g/mol. The summed E-state index contributed by atoms with van der Waals surface area (Å²) in [6.07, 6.45) is 0. The minimum absolute atomic E-state index is 0. The number of fused-ring (bicyclic) bond motifs is 3. The van der Waals surface area contributed by atoms with Crippen LogP contribution in [0.2, 0.25) is 0 Å². The number of H-pyrrole nitrogens is 1. The predicted molar refractivity (Wildman–Crippen MR) is 79.2 cm³/mol. The number of hydrogen-bond acceptors (Lipinski definition) is 6. The highest BCUT2D eigenvalue weighted by atomic mass is 35.5. The van der Waals surface area contributed by atoms with Crippen LogP contribution in [0.25, 0.3) is 10.9 Å². The Hall–Kier alpha value is -1.68. The molecule has 0 spiro atoms. The van der Waals surface area contributed by atoms with Gasteiger partial charge >= 0.3 is 0 Å². The molecule has 1 aromatic heterocycles. The van der Waals surface area contributed by atoms with Gasteiger partial charge < -0.3 is 10.1 Å². The van der Waals surface area contributed by atoms with E-state index in [1.165, 1.54) is 6.07 Å². The third-order valence-electron chi connectivity index (χ3n) is 3.48. The van der Waals surface area contributed by atoms with Gasteiger partial charge in [-0.2, -0.15) is 0 Å². The Morgan fingerprint density at radius 1 is 1.38 bits per heavy atom. The maximum Gasteiger partial charge on any atom is 0.238 e. The molecule has 0 aliphatic carbocycles. The molecular formula is C11H13ClN4O4S. The highest BCUT2D eigenvalue weighted by Gasteiger charge is 2.29. The fraction of sp³-hybridized carbons (Fsp3) is 0.273. The van der Waals surface area contributed by atoms with Gasteiger partial charge in [0.1, 0.15) is 0 Å². The molecule has 4 N–H and O–H groups in total. The first-order valence-corrected chi connectivity index (χ1v) is 7.31. The van der Waals surface area contributed by atoms with Crippen molar-refractivity contribution in [1.82, 2.24) is 9.88 Å². The largest absolute Gasteiger partial charge is 0.493 e. The van der Waals surface area contributed by atoms with Crippen molar-refractivity contribution in [2.45, 2.75) is 18.0 Å². The summed E-state index contributed by atoms with van der Waals surface area (Å²) in [4.78, 5) is 15.4. The second-order valence-electron chi connectivity index (χ2n) is 4.89. The smallest absolute Gasteiger partial charge is 0.238 e. The van der Waals surface area contributed by atoms with E-state index in [0.29, 0.717) is 29.7 Å². The molecule has 21 heavy (non-hydrogen) atoms. The number of aromatic hydroxyl groups is 1. The van der Waals surface area contributed by atoms with E-state index in [0.717, 1.165) is 0 Å². The van der Waals surface area contributed by atoms with Crippen molar-refractivity contribution in [3.63, 3.8) is 0 Å². The minimum Gasteiger partial charge on any atom is -0.493 e. The predicted octanol–water partition coefficient (Wildman–Crippen LogP) is 1.29. The summed E-state index contributed by atoms with van der Waals surface area (Å²) in [5, 5.41) is 17.9. The van der Waals surface area contributed by atoms with Crippen LogP contribution in [0.1, 0.15) is 11.1 Å². The summed E-state index contributed by atoms with van der Waals surface area (Å²) >= 11 is 0. The van der Waals surface area contributed by atoms with E-state index >= 15 is 0 Å². The molecule has 0 saturated heterocycles. The van der Waals surface area contributed by atoms with Crippen LogP contribution in [-0.4, -0.2) is 30.5 Å². The standard InChI is InChI=1S/C11H12N4O4S.ClH/c1-15-3-6-7(4-15)9-5(2-8(6)20(12,18)19)10(14-17)11(16)13-9;/h2,13,16H,3-4H2,1H3,(H2,12,18,19);1H. The molecule has 0 radical (unpaired) electrons. The van der Waals surface area contributed by atoms with Crippen LogP contribution in [0.15, 0.2) is 16.1 Å². The van der Waals surface area contributed by atoms with Gasteiger partial charge in [-0.15, -0.1) is 17.3 Å². The summed E-state index contributed by atoms with van der Waals surface area (Å²) < 4.78 is 23.5. The number of halogens is 1. The van der Waals surface area contributed by atoms with Gasteiger partial charge in [0.15, 0.2) is 5.69 Å². The molecule has 114 valence electrons. The highest BCUT2D eigenvalue weighted by Crippen LogP contribution is 2.42. The molecule has 2 heterocycles. The van der Waals surface area contributed by atoms with Gasteiger partial charge in [0.2, 0.25) is 15.9 Å². The number of aromatic amines is 1. The van der Waals surface area contributed by atoms with Crippen molar-refractivity contribution < 1.29 is 13.5 Å². The maximum absolute atomic E-state index is 11.7. The van der Waals surface area contributed by atoms with E-state index in [2.05, 4.69) is 10.2 Å². The van der Waals surface area contributed by atoms with Crippen LogP contribution >= 0.6 is 12.4 Å². The molecule has 0 fully saturated rings. The van der Waals surface area contributed by atoms with Crippen molar-refractivity contribution in [2.75, 3.05) is 7.05 Å². The van der Waals surface area contributed by atoms with Crippen LogP contribution < -0.4 is 5.14 Å². The zero-order chi connectivity index (χ0) is 14.7. The average molecular weight is 333 g/mol. The monoisotopic (exact) mass is 332 g/mol. The number of sulfonamides is 1. The van der Waals surface area contributed by atoms with E-state index < -0.39 is 10.0 Å². The van der Waals surface area contributed by atoms with Gasteiger partial charge in [0, 0.05) is 18.5 Å². The second-order valence-corrected chi connectivity index (χ2v) is 6.42. The zero-order valence-corrected chi connectivity index (χ0v) is 12.6. The quantitative estimate of drug-likeness (QED) is 0.713. The molecule has 1 aliphatic heterocycles. The minimum atomic E-state index is -3.92. The van der Waals surface area contributed by atoms with Gasteiger partial charge in [-0.3, -0.25) is 4.90 Å². The molecule has 0 bridgehead atoms. The number of nitroso groups, excluding NO2 is 1. The summed E-state index contributed by atoms with van der Waals surface area (Å²) in [6.45, 7) is 0.925. The number of hydrogen-bond donors (Lipinski definition) is 3. The lowest BCUT2D eigenvalue weighted by molar-refractivity contribution is 0.352. The lowest BCUT2D eigenvalue weighted by Crippen LogP contribution is -2.15. The Kier molecular flexibility index (Phi) is 3.70. The zero-order valence-electron chi connectivity index (χ0n) is 11.0. The Labute approximate surface area is 126 Å². The fourth-order valence-electron chi connectivity index (χ4n) is 2.68. The van der Waals surface area contributed by atoms with E-state index in [1.807, 2.05) is 11.9 Å². The van der Waals surface area contributed by atoms with Crippen molar-refractivity contribution in [3.05, 3.63) is 22.1 Å². The average Bonchev–Trinajstić information content (AvgIpc) is 2.85. The molecule has 2 aromatic rings. The first kappa shape index (κ1) is 15.7. The molecule has 0 atom stereocenters. The molecule has 1 aromatic carbocycles. The molecule has 1 aliphatic rings. The van der Waals surface area contributed by atoms with Crippen molar-refractivity contribution in [3.8, 4) is 5.88 Å². The highest BCUT2D eigenvalue weighted by molar-refractivity contribution is 7.89. The first-order valence-electron chi connectivity index (χ1n) is 5.77. The van der Waals surface area contributed by atoms with Crippen molar-refractivity contribution >= 4 is 39.0 Å². The van der Waals surface area contributed by atoms with Crippen molar-refractivity contribution in [2.24, 2.45) is 10.3 Å². The molecule has 3 rings (SSSR count). The summed E-state index contributed by atoms with van der Waals surface area (Å²) in [7, 11) is -2.09. The number of nitrogens with zero attached hydrogens (tertiary/aromatic N) is 2. The van der Waals surface area contributed by atoms with Crippen LogP contribution in [-0.2, 0) is 23.1 Å². The van der Waals surface area contributed by atoms with Crippen LogP contribution in [0.4, 0.5) is 5.69 Å². The van der Waals surface area contributed by atoms with Gasteiger partial charge in [0.25, 0.3) is 0 Å². The fourth-order valence-corrected chi connectivity index (χ4v) is 3.49. The number of benzene rings is 1. The molecule has 8 nitrogen and oxygen atoms in total. The van der Waals surface area contributed by atoms with Crippen LogP contribution in [0.5, 0.6) is 5.88 Å². The number of rotatable bonds is 2. The normalized spacial score (nSPS) is 15.0. The summed E-state index contributed by atoms with van der Waals surface area (Å²) in [5.41, 5.74) is 1.60. The number of aromatic nitrogens is 1. The van der Waals surface area contributed by atoms with E-state index in [4.69, 9.17) is 5.14 Å². The van der Waals surface area contributed by atoms with Gasteiger partial charge in [0.05, 0.1) is 10.4 Å². The third kappa shape index (κ3) is 2.27.